The third-order valence-corrected chi connectivity index (χ3v) is 1.42. The zero-order chi connectivity index (χ0) is 9.72. The number of ether oxygens (including phenoxy) is 1. The minimum atomic E-state index is -1.47. The summed E-state index contributed by atoms with van der Waals surface area (Å²) in [7, 11) is 0. The van der Waals surface area contributed by atoms with Gasteiger partial charge in [0.15, 0.2) is 6.29 Å². The van der Waals surface area contributed by atoms with Crippen molar-refractivity contribution in [2.75, 3.05) is 6.61 Å². The summed E-state index contributed by atoms with van der Waals surface area (Å²) >= 11 is 0. The molecule has 4 atom stereocenters. The van der Waals surface area contributed by atoms with Gasteiger partial charge in [0.1, 0.15) is 6.10 Å². The summed E-state index contributed by atoms with van der Waals surface area (Å²) in [6, 6.07) is 0. The molecule has 0 amide bonds. The van der Waals surface area contributed by atoms with Crippen molar-refractivity contribution >= 4 is 0 Å². The lowest BCUT2D eigenvalue weighted by atomic mass is 10.2. The molecule has 0 aliphatic rings. The predicted octanol–water partition coefficient (Wildman–Crippen LogP) is -1.56. The van der Waals surface area contributed by atoms with Gasteiger partial charge in [-0.3, -0.25) is 0 Å². The fraction of sp³-hybridized carbons (Fsp3) is 1.00. The molecule has 3 unspecified atom stereocenters. The highest BCUT2D eigenvalue weighted by molar-refractivity contribution is 4.65. The molecule has 0 heterocycles. The third-order valence-electron chi connectivity index (χ3n) is 1.42. The second-order valence-corrected chi connectivity index (χ2v) is 2.75. The smallest absolute Gasteiger partial charge is 0.183 e. The molecule has 0 aromatic heterocycles. The fourth-order valence-electron chi connectivity index (χ4n) is 0.600. The van der Waals surface area contributed by atoms with Crippen LogP contribution >= 0.6 is 0 Å². The van der Waals surface area contributed by atoms with E-state index in [0.717, 1.165) is 0 Å². The first-order valence-corrected chi connectivity index (χ1v) is 3.79. The van der Waals surface area contributed by atoms with E-state index in [0.29, 0.717) is 0 Å². The Labute approximate surface area is 71.2 Å². The maximum atomic E-state index is 9.05. The molecule has 4 N–H and O–H groups in total. The van der Waals surface area contributed by atoms with Gasteiger partial charge >= 0.3 is 0 Å². The monoisotopic (exact) mass is 180 g/mol. The van der Waals surface area contributed by atoms with Crippen LogP contribution in [0.4, 0.5) is 0 Å². The second kappa shape index (κ2) is 5.45. The summed E-state index contributed by atoms with van der Waals surface area (Å²) in [4.78, 5) is 0. The minimum Gasteiger partial charge on any atom is -0.394 e. The van der Waals surface area contributed by atoms with E-state index >= 15 is 0 Å². The molecule has 5 nitrogen and oxygen atoms in total. The van der Waals surface area contributed by atoms with Crippen LogP contribution in [0, 0.1) is 0 Å². The van der Waals surface area contributed by atoms with Crippen LogP contribution in [0.1, 0.15) is 13.8 Å². The van der Waals surface area contributed by atoms with E-state index in [4.69, 9.17) is 25.2 Å². The van der Waals surface area contributed by atoms with Crippen molar-refractivity contribution in [3.05, 3.63) is 0 Å². The number of hydrogen-bond donors (Lipinski definition) is 4. The minimum absolute atomic E-state index is 0.246. The number of aliphatic hydroxyl groups is 4. The van der Waals surface area contributed by atoms with Crippen molar-refractivity contribution in [2.24, 2.45) is 0 Å². The summed E-state index contributed by atoms with van der Waals surface area (Å²) in [6.45, 7) is 2.63. The van der Waals surface area contributed by atoms with Gasteiger partial charge in [0, 0.05) is 0 Å². The Morgan fingerprint density at radius 1 is 1.17 bits per heavy atom. The maximum Gasteiger partial charge on any atom is 0.183 e. The standard InChI is InChI=1S/C7H16O5/c1-4(3-8)12-7(11)6(10)5(2)9/h4-11H,3H2,1-2H3/t4?,5?,6?,7-/m0/s1. The predicted molar refractivity (Wildman–Crippen MR) is 41.3 cm³/mol. The molecule has 0 rings (SSSR count). The first-order chi connectivity index (χ1) is 5.49. The van der Waals surface area contributed by atoms with E-state index in [9.17, 15) is 0 Å². The van der Waals surface area contributed by atoms with Gasteiger partial charge in [0.2, 0.25) is 0 Å². The van der Waals surface area contributed by atoms with E-state index < -0.39 is 24.6 Å². The SMILES string of the molecule is CC(CO)O[C@H](O)C(O)C(C)O. The average Bonchev–Trinajstić information content (AvgIpc) is 2.02. The van der Waals surface area contributed by atoms with Crippen LogP contribution in [-0.2, 0) is 4.74 Å². The topological polar surface area (TPSA) is 90.2 Å². The molecule has 74 valence electrons. The Balaban J connectivity index is 3.78. The summed E-state index contributed by atoms with van der Waals surface area (Å²) in [6.07, 6.45) is -4.44. The summed E-state index contributed by atoms with van der Waals surface area (Å²) in [5.41, 5.74) is 0. The molecule has 0 aromatic carbocycles. The summed E-state index contributed by atoms with van der Waals surface area (Å²) < 4.78 is 4.72. The van der Waals surface area contributed by atoms with Gasteiger partial charge in [-0.05, 0) is 13.8 Å². The molecule has 0 bridgehead atoms. The van der Waals surface area contributed by atoms with E-state index in [1.54, 1.807) is 0 Å². The van der Waals surface area contributed by atoms with Gasteiger partial charge in [-0.15, -0.1) is 0 Å². The zero-order valence-electron chi connectivity index (χ0n) is 7.21. The molecular weight excluding hydrogens is 164 g/mol. The summed E-state index contributed by atoms with van der Waals surface area (Å²) in [5.74, 6) is 0. The number of aliphatic hydroxyl groups excluding tert-OH is 4. The summed E-state index contributed by atoms with van der Waals surface area (Å²) in [5, 5.41) is 35.4. The van der Waals surface area contributed by atoms with Crippen molar-refractivity contribution in [2.45, 2.75) is 38.4 Å². The number of hydrogen-bond acceptors (Lipinski definition) is 5. The first kappa shape index (κ1) is 11.8. The van der Waals surface area contributed by atoms with Crippen LogP contribution in [0.5, 0.6) is 0 Å². The highest BCUT2D eigenvalue weighted by Crippen LogP contribution is 2.03. The Kier molecular flexibility index (Phi) is 5.36. The molecule has 0 fully saturated rings. The highest BCUT2D eigenvalue weighted by atomic mass is 16.6. The van der Waals surface area contributed by atoms with Crippen molar-refractivity contribution in [3.63, 3.8) is 0 Å². The Bertz CT molecular complexity index is 116. The van der Waals surface area contributed by atoms with Gasteiger partial charge in [0.05, 0.1) is 18.8 Å². The van der Waals surface area contributed by atoms with E-state index in [2.05, 4.69) is 0 Å². The van der Waals surface area contributed by atoms with Crippen LogP contribution in [0.25, 0.3) is 0 Å². The van der Waals surface area contributed by atoms with Crippen molar-refractivity contribution < 1.29 is 25.2 Å². The second-order valence-electron chi connectivity index (χ2n) is 2.75. The molecule has 0 saturated carbocycles. The molecule has 0 aliphatic heterocycles. The first-order valence-electron chi connectivity index (χ1n) is 3.79. The molecule has 0 aromatic rings. The Morgan fingerprint density at radius 3 is 2.00 bits per heavy atom. The zero-order valence-corrected chi connectivity index (χ0v) is 7.21. The van der Waals surface area contributed by atoms with E-state index in [1.807, 2.05) is 0 Å². The Morgan fingerprint density at radius 2 is 1.67 bits per heavy atom. The van der Waals surface area contributed by atoms with E-state index in [1.165, 1.54) is 13.8 Å². The lowest BCUT2D eigenvalue weighted by Gasteiger charge is -2.22. The van der Waals surface area contributed by atoms with Crippen LogP contribution in [-0.4, -0.2) is 51.6 Å². The van der Waals surface area contributed by atoms with Gasteiger partial charge < -0.3 is 25.2 Å². The van der Waals surface area contributed by atoms with Crippen LogP contribution in [0.15, 0.2) is 0 Å². The van der Waals surface area contributed by atoms with Gasteiger partial charge in [-0.2, -0.15) is 0 Å². The van der Waals surface area contributed by atoms with Gasteiger partial charge in [-0.25, -0.2) is 0 Å². The quantitative estimate of drug-likeness (QED) is 0.384. The molecule has 5 heteroatoms. The van der Waals surface area contributed by atoms with Crippen LogP contribution in [0.3, 0.4) is 0 Å². The normalized spacial score (nSPS) is 21.5. The number of rotatable bonds is 5. The largest absolute Gasteiger partial charge is 0.394 e. The lowest BCUT2D eigenvalue weighted by molar-refractivity contribution is -0.209. The van der Waals surface area contributed by atoms with Gasteiger partial charge in [-0.1, -0.05) is 0 Å². The maximum absolute atomic E-state index is 9.05. The molecule has 12 heavy (non-hydrogen) atoms. The van der Waals surface area contributed by atoms with Crippen molar-refractivity contribution in [1.29, 1.82) is 0 Å². The van der Waals surface area contributed by atoms with Crippen molar-refractivity contribution in [3.8, 4) is 0 Å². The van der Waals surface area contributed by atoms with Crippen LogP contribution < -0.4 is 0 Å². The molecule has 0 saturated heterocycles. The fourth-order valence-corrected chi connectivity index (χ4v) is 0.600. The highest BCUT2D eigenvalue weighted by Gasteiger charge is 2.23. The average molecular weight is 180 g/mol. The molecule has 0 spiro atoms. The molecular formula is C7H16O5. The molecule has 0 aliphatic carbocycles. The van der Waals surface area contributed by atoms with Gasteiger partial charge in [0.25, 0.3) is 0 Å². The Hall–Kier alpha value is -0.200. The lowest BCUT2D eigenvalue weighted by Crippen LogP contribution is -2.39. The van der Waals surface area contributed by atoms with E-state index in [-0.39, 0.29) is 6.61 Å². The van der Waals surface area contributed by atoms with Crippen molar-refractivity contribution in [1.82, 2.24) is 0 Å². The third kappa shape index (κ3) is 3.99. The van der Waals surface area contributed by atoms with Crippen LogP contribution in [0.2, 0.25) is 0 Å². The molecule has 0 radical (unpaired) electrons.